The maximum atomic E-state index is 12.2. The highest BCUT2D eigenvalue weighted by Crippen LogP contribution is 2.20. The number of benzene rings is 1. The van der Waals surface area contributed by atoms with Crippen LogP contribution in [-0.2, 0) is 0 Å². The number of nitrogens with zero attached hydrogens (tertiary/aromatic N) is 1. The molecular weight excluding hydrogens is 235 g/mol. The number of carbonyl (C=O) groups excluding carboxylic acids is 1. The topological polar surface area (TPSA) is 49.7 Å². The molecule has 0 radical (unpaired) electrons. The highest BCUT2D eigenvalue weighted by molar-refractivity contribution is 5.99. The van der Waals surface area contributed by atoms with Gasteiger partial charge in [-0.25, -0.2) is 0 Å². The summed E-state index contributed by atoms with van der Waals surface area (Å²) in [5.74, 6) is -0.420. The Morgan fingerprint density at radius 3 is 2.24 bits per heavy atom. The Morgan fingerprint density at radius 1 is 1.18 bits per heavy atom. The average Bonchev–Trinajstić information content (AvgIpc) is 2.29. The summed E-state index contributed by atoms with van der Waals surface area (Å²) in [6.45, 7) is 0. The van der Waals surface area contributed by atoms with Gasteiger partial charge in [0.25, 0.3) is 0 Å². The summed E-state index contributed by atoms with van der Waals surface area (Å²) >= 11 is 0. The van der Waals surface area contributed by atoms with E-state index in [0.29, 0.717) is 5.56 Å². The molecule has 0 aliphatic carbocycles. The molecule has 1 aromatic rings. The summed E-state index contributed by atoms with van der Waals surface area (Å²) in [4.78, 5) is 11.5. The van der Waals surface area contributed by atoms with Gasteiger partial charge in [-0.15, -0.1) is 0 Å². The van der Waals surface area contributed by atoms with Gasteiger partial charge in [0.15, 0.2) is 11.5 Å². The Bertz CT molecular complexity index is 412. The minimum Gasteiger partial charge on any atom is -0.411 e. The molecule has 0 saturated carbocycles. The van der Waals surface area contributed by atoms with Crippen molar-refractivity contribution in [2.75, 3.05) is 0 Å². The van der Waals surface area contributed by atoms with Gasteiger partial charge >= 0.3 is 6.18 Å². The number of oxime groups is 1. The standard InChI is InChI=1S/C11H10F3NO2/c12-11(13,14)10(15-17)7-6-9(16)8-4-2-1-3-5-8/h1-5,17H,6-7H2/b15-10-. The second-order valence-corrected chi connectivity index (χ2v) is 3.33. The summed E-state index contributed by atoms with van der Waals surface area (Å²) in [5, 5.41) is 10.4. The molecular formula is C11H10F3NO2. The highest BCUT2D eigenvalue weighted by atomic mass is 19.4. The summed E-state index contributed by atoms with van der Waals surface area (Å²) in [6.07, 6.45) is -5.68. The lowest BCUT2D eigenvalue weighted by atomic mass is 10.0. The molecule has 0 bridgehead atoms. The van der Waals surface area contributed by atoms with Crippen molar-refractivity contribution in [1.29, 1.82) is 0 Å². The van der Waals surface area contributed by atoms with E-state index in [1.807, 2.05) is 0 Å². The lowest BCUT2D eigenvalue weighted by molar-refractivity contribution is -0.0626. The summed E-state index contributed by atoms with van der Waals surface area (Å²) in [5.41, 5.74) is -1.01. The third kappa shape index (κ3) is 3.90. The molecule has 17 heavy (non-hydrogen) atoms. The van der Waals surface area contributed by atoms with Gasteiger partial charge in [-0.2, -0.15) is 13.2 Å². The first-order chi connectivity index (χ1) is 7.95. The van der Waals surface area contributed by atoms with E-state index in [2.05, 4.69) is 5.16 Å². The van der Waals surface area contributed by atoms with Crippen LogP contribution in [0, 0.1) is 0 Å². The van der Waals surface area contributed by atoms with Gasteiger partial charge in [-0.3, -0.25) is 4.79 Å². The maximum absolute atomic E-state index is 12.2. The normalized spacial score (nSPS) is 12.5. The lowest BCUT2D eigenvalue weighted by Crippen LogP contribution is -2.23. The Kier molecular flexibility index (Phi) is 4.25. The molecule has 0 atom stereocenters. The van der Waals surface area contributed by atoms with Crippen LogP contribution in [0.5, 0.6) is 0 Å². The van der Waals surface area contributed by atoms with Crippen molar-refractivity contribution in [2.24, 2.45) is 5.16 Å². The highest BCUT2D eigenvalue weighted by Gasteiger charge is 2.36. The van der Waals surface area contributed by atoms with Crippen LogP contribution in [0.1, 0.15) is 23.2 Å². The molecule has 3 nitrogen and oxygen atoms in total. The molecule has 0 aliphatic rings. The molecule has 0 aliphatic heterocycles. The quantitative estimate of drug-likeness (QED) is 0.383. The first-order valence-corrected chi connectivity index (χ1v) is 4.81. The van der Waals surface area contributed by atoms with Crippen molar-refractivity contribution in [3.63, 3.8) is 0 Å². The third-order valence-corrected chi connectivity index (χ3v) is 2.13. The van der Waals surface area contributed by atoms with Gasteiger partial charge in [0.05, 0.1) is 0 Å². The monoisotopic (exact) mass is 245 g/mol. The Labute approximate surface area is 95.6 Å². The molecule has 0 amide bonds. The molecule has 0 fully saturated rings. The Hall–Kier alpha value is -1.85. The van der Waals surface area contributed by atoms with E-state index in [1.54, 1.807) is 18.2 Å². The van der Waals surface area contributed by atoms with Crippen LogP contribution in [0.15, 0.2) is 35.5 Å². The number of ketones is 1. The molecule has 0 spiro atoms. The van der Waals surface area contributed by atoms with Crippen LogP contribution < -0.4 is 0 Å². The first kappa shape index (κ1) is 13.2. The van der Waals surface area contributed by atoms with Crippen LogP contribution >= 0.6 is 0 Å². The van der Waals surface area contributed by atoms with E-state index < -0.39 is 24.1 Å². The van der Waals surface area contributed by atoms with Gasteiger partial charge in [-0.1, -0.05) is 35.5 Å². The molecule has 0 heterocycles. The van der Waals surface area contributed by atoms with Crippen molar-refractivity contribution >= 4 is 11.5 Å². The maximum Gasteiger partial charge on any atom is 0.432 e. The SMILES string of the molecule is O=C(CC/C(=N/O)C(F)(F)F)c1ccccc1. The molecule has 1 aromatic carbocycles. The predicted molar refractivity (Wildman–Crippen MR) is 55.3 cm³/mol. The van der Waals surface area contributed by atoms with Gasteiger partial charge < -0.3 is 5.21 Å². The zero-order valence-corrected chi connectivity index (χ0v) is 8.74. The fourth-order valence-corrected chi connectivity index (χ4v) is 1.25. The molecule has 0 aromatic heterocycles. The molecule has 1 N–H and O–H groups in total. The second kappa shape index (κ2) is 5.47. The number of hydrogen-bond donors (Lipinski definition) is 1. The predicted octanol–water partition coefficient (Wildman–Crippen LogP) is 3.04. The minimum atomic E-state index is -4.70. The number of alkyl halides is 3. The lowest BCUT2D eigenvalue weighted by Gasteiger charge is -2.07. The molecule has 6 heteroatoms. The van der Waals surface area contributed by atoms with E-state index >= 15 is 0 Å². The minimum absolute atomic E-state index is 0.340. The third-order valence-electron chi connectivity index (χ3n) is 2.13. The zero-order chi connectivity index (χ0) is 12.9. The largest absolute Gasteiger partial charge is 0.432 e. The van der Waals surface area contributed by atoms with Crippen LogP contribution in [0.4, 0.5) is 13.2 Å². The van der Waals surface area contributed by atoms with E-state index in [-0.39, 0.29) is 6.42 Å². The first-order valence-electron chi connectivity index (χ1n) is 4.81. The summed E-state index contributed by atoms with van der Waals surface area (Å²) < 4.78 is 36.5. The van der Waals surface area contributed by atoms with Crippen molar-refractivity contribution in [1.82, 2.24) is 0 Å². The molecule has 92 valence electrons. The fourth-order valence-electron chi connectivity index (χ4n) is 1.25. The number of carbonyl (C=O) groups is 1. The molecule has 1 rings (SSSR count). The van der Waals surface area contributed by atoms with E-state index in [1.165, 1.54) is 12.1 Å². The Morgan fingerprint density at radius 2 is 1.76 bits per heavy atom. The van der Waals surface area contributed by atoms with Crippen LogP contribution in [0.25, 0.3) is 0 Å². The number of hydrogen-bond acceptors (Lipinski definition) is 3. The second-order valence-electron chi connectivity index (χ2n) is 3.33. The molecule has 0 unspecified atom stereocenters. The number of halogens is 3. The smallest absolute Gasteiger partial charge is 0.411 e. The summed E-state index contributed by atoms with van der Waals surface area (Å²) in [7, 11) is 0. The van der Waals surface area contributed by atoms with E-state index in [0.717, 1.165) is 0 Å². The zero-order valence-electron chi connectivity index (χ0n) is 8.74. The number of Topliss-reactive ketones (excluding diaryl/α,β-unsaturated/α-hetero) is 1. The van der Waals surface area contributed by atoms with Gasteiger partial charge in [0.1, 0.15) is 0 Å². The van der Waals surface area contributed by atoms with E-state index in [9.17, 15) is 18.0 Å². The van der Waals surface area contributed by atoms with Gasteiger partial charge in [0, 0.05) is 18.4 Å². The van der Waals surface area contributed by atoms with Crippen molar-refractivity contribution in [3.05, 3.63) is 35.9 Å². The molecule has 0 saturated heterocycles. The Balaban J connectivity index is 2.61. The van der Waals surface area contributed by atoms with Crippen LogP contribution in [-0.4, -0.2) is 22.9 Å². The van der Waals surface area contributed by atoms with Crippen molar-refractivity contribution in [3.8, 4) is 0 Å². The van der Waals surface area contributed by atoms with Gasteiger partial charge in [-0.05, 0) is 0 Å². The van der Waals surface area contributed by atoms with Gasteiger partial charge in [0.2, 0.25) is 0 Å². The average molecular weight is 245 g/mol. The number of rotatable bonds is 4. The van der Waals surface area contributed by atoms with E-state index in [4.69, 9.17) is 5.21 Å². The summed E-state index contributed by atoms with van der Waals surface area (Å²) in [6, 6.07) is 7.99. The van der Waals surface area contributed by atoms with Crippen LogP contribution in [0.3, 0.4) is 0 Å². The van der Waals surface area contributed by atoms with Crippen LogP contribution in [0.2, 0.25) is 0 Å². The van der Waals surface area contributed by atoms with Crippen molar-refractivity contribution in [2.45, 2.75) is 19.0 Å². The fraction of sp³-hybridized carbons (Fsp3) is 0.273. The van der Waals surface area contributed by atoms with Crippen molar-refractivity contribution < 1.29 is 23.2 Å².